The van der Waals surface area contributed by atoms with Crippen molar-refractivity contribution in [3.63, 3.8) is 0 Å². The van der Waals surface area contributed by atoms with E-state index in [1.807, 2.05) is 0 Å². The molecule has 1 saturated heterocycles. The second-order valence-electron chi connectivity index (χ2n) is 15.8. The number of anilines is 3. The van der Waals surface area contributed by atoms with Crippen molar-refractivity contribution in [1.29, 1.82) is 0 Å². The Labute approximate surface area is 330 Å². The molecule has 0 amide bonds. The van der Waals surface area contributed by atoms with Gasteiger partial charge in [0.25, 0.3) is 0 Å². The second-order valence-corrected chi connectivity index (χ2v) is 15.8. The first-order valence-corrected chi connectivity index (χ1v) is 21.2. The van der Waals surface area contributed by atoms with E-state index in [0.29, 0.717) is 0 Å². The van der Waals surface area contributed by atoms with Gasteiger partial charge in [0, 0.05) is 91.4 Å². The molecule has 2 aromatic heterocycles. The standard InChI is InChI=1S/C50H63N5/c1-7-29-53(43-36-44(38(4)50(37-43)55(30-8-2)31-9-3)48-27-24-40-19-10-12-21-46(40)51(48)5)32-15-14-18-39-23-26-42(54-33-16-17-34-54)35-45(39)49-28-25-41-20-11-13-22-47(41)52(49)6/h10-13,19-28,35-37H,7-9,14-18,29-34H2,1-6H3/q+2. The van der Waals surface area contributed by atoms with Gasteiger partial charge in [0.05, 0.1) is 11.1 Å². The summed E-state index contributed by atoms with van der Waals surface area (Å²) in [5.41, 5.74) is 14.8. The first-order chi connectivity index (χ1) is 26.9. The van der Waals surface area contributed by atoms with Crippen LogP contribution in [0.15, 0.2) is 103 Å². The SMILES string of the molecule is CCCN(CCCCc1ccc(N2CCCC2)cc1-c1ccc2ccccc2[n+]1C)c1cc(-c2ccc3ccccc3[n+]2C)c(C)c(N(CCC)CCC)c1. The maximum Gasteiger partial charge on any atom is 0.213 e. The summed E-state index contributed by atoms with van der Waals surface area (Å²) in [7, 11) is 4.46. The predicted molar refractivity (Wildman–Crippen MR) is 236 cm³/mol. The topological polar surface area (TPSA) is 17.5 Å². The second kappa shape index (κ2) is 17.7. The smallest absolute Gasteiger partial charge is 0.213 e. The average Bonchev–Trinajstić information content (AvgIpc) is 3.76. The van der Waals surface area contributed by atoms with Crippen LogP contribution in [-0.4, -0.2) is 39.3 Å². The number of hydrogen-bond donors (Lipinski definition) is 0. The average molecular weight is 734 g/mol. The fraction of sp³-hybridized carbons (Fsp3) is 0.400. The fourth-order valence-corrected chi connectivity index (χ4v) is 9.03. The highest BCUT2D eigenvalue weighted by Crippen LogP contribution is 2.37. The van der Waals surface area contributed by atoms with E-state index < -0.39 is 0 Å². The molecule has 4 aromatic carbocycles. The van der Waals surface area contributed by atoms with Crippen LogP contribution in [0.2, 0.25) is 0 Å². The van der Waals surface area contributed by atoms with Crippen LogP contribution >= 0.6 is 0 Å². The van der Waals surface area contributed by atoms with Crippen LogP contribution in [0.5, 0.6) is 0 Å². The van der Waals surface area contributed by atoms with Gasteiger partial charge in [-0.05, 0) is 118 Å². The van der Waals surface area contributed by atoms with Gasteiger partial charge >= 0.3 is 0 Å². The third-order valence-corrected chi connectivity index (χ3v) is 12.0. The third-order valence-electron chi connectivity index (χ3n) is 12.0. The Hall–Kier alpha value is -4.90. The van der Waals surface area contributed by atoms with Gasteiger partial charge in [0.1, 0.15) is 14.1 Å². The molecule has 0 N–H and O–H groups in total. The molecule has 1 aliphatic heterocycles. The minimum absolute atomic E-state index is 1.05. The van der Waals surface area contributed by atoms with Crippen molar-refractivity contribution < 1.29 is 9.13 Å². The van der Waals surface area contributed by atoms with E-state index in [4.69, 9.17) is 0 Å². The molecule has 1 aliphatic rings. The largest absolute Gasteiger partial charge is 0.372 e. The lowest BCUT2D eigenvalue weighted by atomic mass is 9.97. The van der Waals surface area contributed by atoms with Crippen molar-refractivity contribution >= 4 is 38.9 Å². The number of aryl methyl sites for hydroxylation is 3. The predicted octanol–water partition coefficient (Wildman–Crippen LogP) is 10.8. The Bertz CT molecular complexity index is 2230. The van der Waals surface area contributed by atoms with E-state index in [9.17, 15) is 0 Å². The summed E-state index contributed by atoms with van der Waals surface area (Å²) in [6.45, 7) is 15.8. The summed E-state index contributed by atoms with van der Waals surface area (Å²) in [5.74, 6) is 0. The van der Waals surface area contributed by atoms with Crippen molar-refractivity contribution in [3.05, 3.63) is 114 Å². The van der Waals surface area contributed by atoms with E-state index in [-0.39, 0.29) is 0 Å². The number of nitrogens with zero attached hydrogens (tertiary/aromatic N) is 5. The molecule has 0 saturated carbocycles. The van der Waals surface area contributed by atoms with Crippen LogP contribution in [0, 0.1) is 6.92 Å². The van der Waals surface area contributed by atoms with Crippen LogP contribution in [0.1, 0.15) is 76.8 Å². The van der Waals surface area contributed by atoms with E-state index in [1.54, 1.807) is 0 Å². The maximum atomic E-state index is 2.67. The lowest BCUT2D eigenvalue weighted by Gasteiger charge is -2.31. The molecule has 0 spiro atoms. The van der Waals surface area contributed by atoms with Crippen LogP contribution in [0.25, 0.3) is 44.3 Å². The lowest BCUT2D eigenvalue weighted by Crippen LogP contribution is -2.33. The molecule has 0 atom stereocenters. The van der Waals surface area contributed by atoms with Gasteiger partial charge in [0.15, 0.2) is 0 Å². The first-order valence-electron chi connectivity index (χ1n) is 21.2. The summed E-state index contributed by atoms with van der Waals surface area (Å²) in [4.78, 5) is 7.87. The molecule has 3 heterocycles. The number of benzene rings is 4. The molecular formula is C50H63N5+2. The molecule has 1 fully saturated rings. The Balaban J connectivity index is 1.19. The third kappa shape index (κ3) is 8.22. The Morgan fingerprint density at radius 3 is 1.78 bits per heavy atom. The number of fused-ring (bicyclic) bond motifs is 2. The minimum atomic E-state index is 1.05. The van der Waals surface area contributed by atoms with Crippen LogP contribution < -0.4 is 23.8 Å². The van der Waals surface area contributed by atoms with E-state index in [1.165, 1.54) is 85.4 Å². The van der Waals surface area contributed by atoms with Crippen molar-refractivity contribution in [2.24, 2.45) is 14.1 Å². The van der Waals surface area contributed by atoms with Gasteiger partial charge in [-0.3, -0.25) is 0 Å². The number of rotatable bonds is 16. The molecule has 0 radical (unpaired) electrons. The molecular weight excluding hydrogens is 671 g/mol. The van der Waals surface area contributed by atoms with Crippen molar-refractivity contribution in [2.45, 2.75) is 79.1 Å². The summed E-state index contributed by atoms with van der Waals surface area (Å²) < 4.78 is 4.79. The van der Waals surface area contributed by atoms with Gasteiger partial charge in [-0.25, -0.2) is 0 Å². The normalized spacial score (nSPS) is 12.9. The Morgan fingerprint density at radius 1 is 0.582 bits per heavy atom. The highest BCUT2D eigenvalue weighted by molar-refractivity contribution is 5.82. The highest BCUT2D eigenvalue weighted by atomic mass is 15.2. The molecule has 286 valence electrons. The lowest BCUT2D eigenvalue weighted by molar-refractivity contribution is -0.633. The summed E-state index contributed by atoms with van der Waals surface area (Å²) >= 11 is 0. The fourth-order valence-electron chi connectivity index (χ4n) is 9.03. The Kier molecular flexibility index (Phi) is 12.4. The molecule has 5 nitrogen and oxygen atoms in total. The van der Waals surface area contributed by atoms with Gasteiger partial charge in [-0.2, -0.15) is 9.13 Å². The molecule has 0 bridgehead atoms. The molecule has 6 aromatic rings. The van der Waals surface area contributed by atoms with Crippen molar-refractivity contribution in [3.8, 4) is 22.5 Å². The quantitative estimate of drug-likeness (QED) is 0.0728. The zero-order valence-corrected chi connectivity index (χ0v) is 34.5. The summed E-state index contributed by atoms with van der Waals surface area (Å²) in [6, 6.07) is 39.0. The number of hydrogen-bond acceptors (Lipinski definition) is 3. The van der Waals surface area contributed by atoms with Gasteiger partial charge in [-0.1, -0.05) is 51.1 Å². The molecule has 0 unspecified atom stereocenters. The van der Waals surface area contributed by atoms with Crippen LogP contribution in [0.4, 0.5) is 17.1 Å². The zero-order valence-electron chi connectivity index (χ0n) is 34.5. The molecule has 0 aliphatic carbocycles. The molecule has 7 rings (SSSR count). The summed E-state index contributed by atoms with van der Waals surface area (Å²) in [5, 5.41) is 2.56. The van der Waals surface area contributed by atoms with Gasteiger partial charge in [-0.15, -0.1) is 0 Å². The van der Waals surface area contributed by atoms with Gasteiger partial charge < -0.3 is 14.7 Å². The minimum Gasteiger partial charge on any atom is -0.372 e. The monoisotopic (exact) mass is 734 g/mol. The van der Waals surface area contributed by atoms with Crippen LogP contribution in [0.3, 0.4) is 0 Å². The Morgan fingerprint density at radius 2 is 1.16 bits per heavy atom. The number of unbranched alkanes of at least 4 members (excludes halogenated alkanes) is 1. The van der Waals surface area contributed by atoms with Gasteiger partial charge in [0.2, 0.25) is 22.4 Å². The van der Waals surface area contributed by atoms with E-state index in [0.717, 1.165) is 77.8 Å². The van der Waals surface area contributed by atoms with Crippen molar-refractivity contribution in [2.75, 3.05) is 54.0 Å². The number of para-hydroxylation sites is 2. The zero-order chi connectivity index (χ0) is 38.3. The van der Waals surface area contributed by atoms with E-state index in [2.05, 4.69) is 169 Å². The van der Waals surface area contributed by atoms with E-state index >= 15 is 0 Å². The van der Waals surface area contributed by atoms with Crippen molar-refractivity contribution in [1.82, 2.24) is 0 Å². The molecule has 5 heteroatoms. The number of aromatic nitrogens is 2. The summed E-state index contributed by atoms with van der Waals surface area (Å²) in [6.07, 6.45) is 9.34. The molecule has 55 heavy (non-hydrogen) atoms. The maximum absolute atomic E-state index is 2.67. The number of pyridine rings is 2. The van der Waals surface area contributed by atoms with Crippen LogP contribution in [-0.2, 0) is 20.5 Å². The highest BCUT2D eigenvalue weighted by Gasteiger charge is 2.24. The first kappa shape index (κ1) is 38.4.